The highest BCUT2D eigenvalue weighted by molar-refractivity contribution is 8.32. The summed E-state index contributed by atoms with van der Waals surface area (Å²) < 4.78 is 47.0. The van der Waals surface area contributed by atoms with Gasteiger partial charge in [-0.25, -0.2) is 8.78 Å². The summed E-state index contributed by atoms with van der Waals surface area (Å²) in [6.45, 7) is 0. The standard InChI is InChI=1S/C3H3Cl3F4P/c4-11(5,6)1-3(9,10)2(7)8/h2H,1H2/q+1. The minimum absolute atomic E-state index is 1.37. The smallest absolute Gasteiger partial charge is 0.203 e. The first-order valence-electron chi connectivity index (χ1n) is 2.28. The highest BCUT2D eigenvalue weighted by Gasteiger charge is 2.53. The summed E-state index contributed by atoms with van der Waals surface area (Å²) in [6.07, 6.45) is -5.15. The number of alkyl halides is 4. The Morgan fingerprint density at radius 3 is 1.64 bits per heavy atom. The Morgan fingerprint density at radius 1 is 1.18 bits per heavy atom. The van der Waals surface area contributed by atoms with Crippen molar-refractivity contribution in [2.24, 2.45) is 0 Å². The van der Waals surface area contributed by atoms with Gasteiger partial charge in [-0.15, -0.1) is 0 Å². The van der Waals surface area contributed by atoms with Gasteiger partial charge in [0.2, 0.25) is 0 Å². The number of hydrogen-bond acceptors (Lipinski definition) is 0. The van der Waals surface area contributed by atoms with E-state index >= 15 is 0 Å². The van der Waals surface area contributed by atoms with Crippen molar-refractivity contribution in [1.82, 2.24) is 0 Å². The fraction of sp³-hybridized carbons (Fsp3) is 1.00. The third kappa shape index (κ3) is 5.29. The van der Waals surface area contributed by atoms with Crippen LogP contribution in [-0.4, -0.2) is 18.5 Å². The van der Waals surface area contributed by atoms with Gasteiger partial charge in [-0.05, 0) is 0 Å². The predicted octanol–water partition coefficient (Wildman–Crippen LogP) is 4.37. The Kier molecular flexibility index (Phi) is 4.17. The average Bonchev–Trinajstić information content (AvgIpc) is 1.56. The van der Waals surface area contributed by atoms with E-state index in [-0.39, 0.29) is 0 Å². The molecule has 0 aromatic rings. The van der Waals surface area contributed by atoms with Gasteiger partial charge in [0, 0.05) is 0 Å². The first kappa shape index (κ1) is 12.0. The Balaban J connectivity index is 4.13. The van der Waals surface area contributed by atoms with Crippen LogP contribution in [0.15, 0.2) is 0 Å². The van der Waals surface area contributed by atoms with Crippen LogP contribution in [0.5, 0.6) is 0 Å². The Labute approximate surface area is 75.5 Å². The van der Waals surface area contributed by atoms with E-state index in [4.69, 9.17) is 33.7 Å². The summed E-state index contributed by atoms with van der Waals surface area (Å²) in [4.78, 5) is 0. The van der Waals surface area contributed by atoms with Crippen molar-refractivity contribution in [3.05, 3.63) is 0 Å². The first-order valence-corrected chi connectivity index (χ1v) is 6.97. The molecule has 68 valence electrons. The monoisotopic (exact) mass is 251 g/mol. The molecule has 0 aromatic heterocycles. The van der Waals surface area contributed by atoms with Crippen molar-refractivity contribution < 1.29 is 17.6 Å². The van der Waals surface area contributed by atoms with Crippen LogP contribution in [0.4, 0.5) is 17.6 Å². The summed E-state index contributed by atoms with van der Waals surface area (Å²) >= 11 is 15.0. The summed E-state index contributed by atoms with van der Waals surface area (Å²) in [5, 5.41) is -3.40. The second-order valence-corrected chi connectivity index (χ2v) is 9.94. The van der Waals surface area contributed by atoms with E-state index in [1.807, 2.05) is 0 Å². The Hall–Kier alpha value is 1.02. The Morgan fingerprint density at radius 2 is 1.55 bits per heavy atom. The van der Waals surface area contributed by atoms with Crippen LogP contribution in [0, 0.1) is 0 Å². The van der Waals surface area contributed by atoms with E-state index in [0.29, 0.717) is 0 Å². The van der Waals surface area contributed by atoms with Crippen LogP contribution >= 0.6 is 39.0 Å². The molecule has 0 aromatic carbocycles. The molecule has 0 unspecified atom stereocenters. The van der Waals surface area contributed by atoms with Crippen molar-refractivity contribution in [1.29, 1.82) is 0 Å². The zero-order valence-corrected chi connectivity index (χ0v) is 8.04. The van der Waals surface area contributed by atoms with E-state index in [2.05, 4.69) is 0 Å². The lowest BCUT2D eigenvalue weighted by Crippen LogP contribution is -2.29. The average molecular weight is 252 g/mol. The topological polar surface area (TPSA) is 0 Å². The van der Waals surface area contributed by atoms with Crippen LogP contribution < -0.4 is 0 Å². The third-order valence-corrected chi connectivity index (χ3v) is 2.57. The van der Waals surface area contributed by atoms with Crippen LogP contribution in [0.2, 0.25) is 0 Å². The second kappa shape index (κ2) is 3.82. The van der Waals surface area contributed by atoms with Gasteiger partial charge in [-0.1, -0.05) is 0 Å². The second-order valence-electron chi connectivity index (χ2n) is 1.77. The van der Waals surface area contributed by atoms with E-state index in [1.54, 1.807) is 0 Å². The maximum Gasteiger partial charge on any atom is 0.344 e. The highest BCUT2D eigenvalue weighted by atomic mass is 36.1. The minimum atomic E-state index is -4.20. The van der Waals surface area contributed by atoms with E-state index in [0.717, 1.165) is 0 Å². The van der Waals surface area contributed by atoms with Gasteiger partial charge in [0.1, 0.15) is 33.7 Å². The fourth-order valence-corrected chi connectivity index (χ4v) is 2.36. The minimum Gasteiger partial charge on any atom is -0.203 e. The molecule has 0 rings (SSSR count). The van der Waals surface area contributed by atoms with Crippen molar-refractivity contribution in [3.63, 3.8) is 0 Å². The largest absolute Gasteiger partial charge is 0.344 e. The lowest BCUT2D eigenvalue weighted by Gasteiger charge is -2.12. The predicted molar refractivity (Wildman–Crippen MR) is 40.3 cm³/mol. The third-order valence-electron chi connectivity index (χ3n) is 0.709. The number of rotatable bonds is 3. The summed E-state index contributed by atoms with van der Waals surface area (Å²) in [7, 11) is 0. The molecule has 0 aliphatic carbocycles. The van der Waals surface area contributed by atoms with Gasteiger partial charge in [-0.2, -0.15) is 8.78 Å². The summed E-state index contributed by atoms with van der Waals surface area (Å²) in [6, 6.07) is 0. The molecule has 0 heterocycles. The molecule has 0 amide bonds. The summed E-state index contributed by atoms with van der Waals surface area (Å²) in [5.41, 5.74) is 0. The fourth-order valence-electron chi connectivity index (χ4n) is 0.308. The van der Waals surface area contributed by atoms with Gasteiger partial charge < -0.3 is 0 Å². The molecule has 0 saturated heterocycles. The van der Waals surface area contributed by atoms with Crippen LogP contribution in [0.3, 0.4) is 0 Å². The first-order chi connectivity index (χ1) is 4.65. The van der Waals surface area contributed by atoms with Crippen molar-refractivity contribution in [3.8, 4) is 0 Å². The van der Waals surface area contributed by atoms with Crippen LogP contribution in [-0.2, 0) is 0 Å². The van der Waals surface area contributed by atoms with Crippen molar-refractivity contribution >= 4 is 39.0 Å². The zero-order valence-electron chi connectivity index (χ0n) is 4.88. The van der Waals surface area contributed by atoms with Crippen LogP contribution in [0.25, 0.3) is 0 Å². The van der Waals surface area contributed by atoms with Gasteiger partial charge in [-0.3, -0.25) is 0 Å². The molecule has 0 nitrogen and oxygen atoms in total. The molecule has 0 N–H and O–H groups in total. The molecule has 0 aliphatic heterocycles. The van der Waals surface area contributed by atoms with Crippen molar-refractivity contribution in [2.45, 2.75) is 12.3 Å². The van der Waals surface area contributed by atoms with E-state index in [1.165, 1.54) is 0 Å². The van der Waals surface area contributed by atoms with Crippen LogP contribution in [0.1, 0.15) is 0 Å². The molecule has 11 heavy (non-hydrogen) atoms. The van der Waals surface area contributed by atoms with Gasteiger partial charge >= 0.3 is 17.7 Å². The SMILES string of the molecule is FC(F)C(F)(F)C[P+](Cl)(Cl)Cl. The molecule has 0 saturated carbocycles. The molecule has 0 bridgehead atoms. The van der Waals surface area contributed by atoms with Gasteiger partial charge in [0.05, 0.1) is 0 Å². The maximum atomic E-state index is 12.1. The lowest BCUT2D eigenvalue weighted by atomic mass is 10.4. The molecule has 0 atom stereocenters. The molecular formula is C3H3Cl3F4P+. The molecule has 0 spiro atoms. The zero-order chi connectivity index (χ0) is 9.28. The van der Waals surface area contributed by atoms with E-state index in [9.17, 15) is 17.6 Å². The van der Waals surface area contributed by atoms with Gasteiger partial charge in [0.25, 0.3) is 0 Å². The molecule has 8 heteroatoms. The van der Waals surface area contributed by atoms with Gasteiger partial charge in [0.15, 0.2) is 6.16 Å². The Bertz CT molecular complexity index is 133. The number of hydrogen-bond donors (Lipinski definition) is 0. The quantitative estimate of drug-likeness (QED) is 0.517. The highest BCUT2D eigenvalue weighted by Crippen LogP contribution is 2.75. The normalized spacial score (nSPS) is 14.2. The molecule has 0 aliphatic rings. The molecular weight excluding hydrogens is 249 g/mol. The summed E-state index contributed by atoms with van der Waals surface area (Å²) in [5.74, 6) is -4.20. The number of halogens is 7. The van der Waals surface area contributed by atoms with E-state index < -0.39 is 23.8 Å². The lowest BCUT2D eigenvalue weighted by molar-refractivity contribution is -0.110. The van der Waals surface area contributed by atoms with Crippen molar-refractivity contribution in [2.75, 3.05) is 6.16 Å². The maximum absolute atomic E-state index is 12.1. The molecule has 0 fully saturated rings. The molecule has 0 radical (unpaired) electrons.